The largest absolute Gasteiger partial charge is 0.329 e. The van der Waals surface area contributed by atoms with Gasteiger partial charge in [0, 0.05) is 40.5 Å². The molecule has 0 radical (unpaired) electrons. The number of hydrogen-bond acceptors (Lipinski definition) is 3. The topological polar surface area (TPSA) is 47.8 Å². The standard InChI is InChI=1S/C19H17ClFN3O/c20-19-22-9-15-16(14-7-6-12(11-25)8-17(14)21)10-24(18(15)23-19)13-4-2-1-3-5-13/h6-11,13H,1-5H2. The van der Waals surface area contributed by atoms with Gasteiger partial charge in [-0.25, -0.2) is 9.37 Å². The second kappa shape index (κ2) is 6.56. The van der Waals surface area contributed by atoms with Gasteiger partial charge in [-0.15, -0.1) is 0 Å². The molecule has 1 aromatic carbocycles. The van der Waals surface area contributed by atoms with Gasteiger partial charge in [0.25, 0.3) is 0 Å². The lowest BCUT2D eigenvalue weighted by atomic mass is 9.95. The highest BCUT2D eigenvalue weighted by Gasteiger charge is 2.22. The van der Waals surface area contributed by atoms with Crippen LogP contribution >= 0.6 is 11.6 Å². The highest BCUT2D eigenvalue weighted by Crippen LogP contribution is 2.37. The number of halogens is 2. The molecule has 3 aromatic rings. The first kappa shape index (κ1) is 16.2. The average Bonchev–Trinajstić information content (AvgIpc) is 3.00. The highest BCUT2D eigenvalue weighted by atomic mass is 35.5. The van der Waals surface area contributed by atoms with Crippen molar-refractivity contribution in [1.29, 1.82) is 0 Å². The highest BCUT2D eigenvalue weighted by molar-refractivity contribution is 6.28. The Balaban J connectivity index is 1.91. The van der Waals surface area contributed by atoms with Gasteiger partial charge in [0.2, 0.25) is 5.28 Å². The first-order chi connectivity index (χ1) is 12.2. The molecule has 0 amide bonds. The number of fused-ring (bicyclic) bond motifs is 1. The van der Waals surface area contributed by atoms with Crippen LogP contribution in [-0.4, -0.2) is 20.8 Å². The van der Waals surface area contributed by atoms with Crippen LogP contribution in [0.5, 0.6) is 0 Å². The number of aldehydes is 1. The van der Waals surface area contributed by atoms with E-state index in [0.717, 1.165) is 29.4 Å². The molecule has 1 aliphatic rings. The van der Waals surface area contributed by atoms with Crippen LogP contribution in [-0.2, 0) is 0 Å². The molecule has 0 bridgehead atoms. The van der Waals surface area contributed by atoms with Crippen LogP contribution in [0.25, 0.3) is 22.2 Å². The van der Waals surface area contributed by atoms with Crippen molar-refractivity contribution in [2.24, 2.45) is 0 Å². The molecule has 0 saturated heterocycles. The zero-order valence-electron chi connectivity index (χ0n) is 13.6. The lowest BCUT2D eigenvalue weighted by Crippen LogP contribution is -2.12. The predicted molar refractivity (Wildman–Crippen MR) is 95.4 cm³/mol. The minimum absolute atomic E-state index is 0.186. The number of benzene rings is 1. The van der Waals surface area contributed by atoms with Crippen molar-refractivity contribution >= 4 is 28.9 Å². The minimum atomic E-state index is -0.428. The molecule has 2 heterocycles. The number of carbonyl (C=O) groups excluding carboxylic acids is 1. The van der Waals surface area contributed by atoms with Crippen LogP contribution < -0.4 is 0 Å². The molecule has 2 aromatic heterocycles. The van der Waals surface area contributed by atoms with Crippen LogP contribution in [0, 0.1) is 5.82 Å². The van der Waals surface area contributed by atoms with E-state index < -0.39 is 5.82 Å². The Kier molecular flexibility index (Phi) is 4.25. The molecule has 25 heavy (non-hydrogen) atoms. The maximum atomic E-state index is 14.5. The summed E-state index contributed by atoms with van der Waals surface area (Å²) in [6.07, 6.45) is 10.0. The molecule has 4 rings (SSSR count). The lowest BCUT2D eigenvalue weighted by molar-refractivity contribution is 0.112. The van der Waals surface area contributed by atoms with Crippen LogP contribution in [0.2, 0.25) is 5.28 Å². The normalized spacial score (nSPS) is 15.6. The molecular formula is C19H17ClFN3O. The molecule has 0 atom stereocenters. The lowest BCUT2D eigenvalue weighted by Gasteiger charge is -2.23. The summed E-state index contributed by atoms with van der Waals surface area (Å²) in [5.74, 6) is -0.428. The van der Waals surface area contributed by atoms with E-state index in [-0.39, 0.29) is 5.28 Å². The number of hydrogen-bond donors (Lipinski definition) is 0. The Hall–Kier alpha value is -2.27. The Morgan fingerprint density at radius 3 is 2.72 bits per heavy atom. The minimum Gasteiger partial charge on any atom is -0.329 e. The van der Waals surface area contributed by atoms with Gasteiger partial charge >= 0.3 is 0 Å². The summed E-state index contributed by atoms with van der Waals surface area (Å²) in [7, 11) is 0. The molecule has 4 nitrogen and oxygen atoms in total. The van der Waals surface area contributed by atoms with Crippen LogP contribution in [0.3, 0.4) is 0 Å². The van der Waals surface area contributed by atoms with Crippen molar-refractivity contribution in [3.8, 4) is 11.1 Å². The number of nitrogens with zero attached hydrogens (tertiary/aromatic N) is 3. The van der Waals surface area contributed by atoms with Crippen LogP contribution in [0.1, 0.15) is 48.5 Å². The summed E-state index contributed by atoms with van der Waals surface area (Å²) in [4.78, 5) is 19.3. The molecule has 0 unspecified atom stereocenters. The van der Waals surface area contributed by atoms with Gasteiger partial charge in [-0.3, -0.25) is 4.79 Å². The fraction of sp³-hybridized carbons (Fsp3) is 0.316. The van der Waals surface area contributed by atoms with Crippen molar-refractivity contribution in [2.75, 3.05) is 0 Å². The number of aromatic nitrogens is 3. The molecule has 6 heteroatoms. The van der Waals surface area contributed by atoms with Crippen LogP contribution in [0.4, 0.5) is 4.39 Å². The van der Waals surface area contributed by atoms with Gasteiger partial charge in [0.15, 0.2) is 0 Å². The van der Waals surface area contributed by atoms with Crippen molar-refractivity contribution in [3.05, 3.63) is 47.3 Å². The van der Waals surface area contributed by atoms with E-state index >= 15 is 0 Å². The first-order valence-corrected chi connectivity index (χ1v) is 8.83. The van der Waals surface area contributed by atoms with Gasteiger partial charge in [-0.1, -0.05) is 31.4 Å². The summed E-state index contributed by atoms with van der Waals surface area (Å²) >= 11 is 6.01. The Morgan fingerprint density at radius 2 is 2.00 bits per heavy atom. The van der Waals surface area contributed by atoms with Crippen molar-refractivity contribution in [2.45, 2.75) is 38.1 Å². The summed E-state index contributed by atoms with van der Waals surface area (Å²) < 4.78 is 16.7. The third-order valence-corrected chi connectivity index (χ3v) is 5.11. The average molecular weight is 358 g/mol. The molecule has 128 valence electrons. The van der Waals surface area contributed by atoms with Crippen LogP contribution in [0.15, 0.2) is 30.6 Å². The second-order valence-electron chi connectivity index (χ2n) is 6.48. The van der Waals surface area contributed by atoms with E-state index in [1.807, 2.05) is 6.20 Å². The van der Waals surface area contributed by atoms with Gasteiger partial charge in [0.1, 0.15) is 17.8 Å². The zero-order valence-corrected chi connectivity index (χ0v) is 14.3. The summed E-state index contributed by atoms with van der Waals surface area (Å²) in [5.41, 5.74) is 2.22. The maximum absolute atomic E-state index is 14.5. The van der Waals surface area contributed by atoms with Gasteiger partial charge in [0.05, 0.1) is 0 Å². The first-order valence-electron chi connectivity index (χ1n) is 8.45. The molecule has 1 aliphatic carbocycles. The summed E-state index contributed by atoms with van der Waals surface area (Å²) in [5, 5.41) is 0.957. The smallest absolute Gasteiger partial charge is 0.224 e. The summed E-state index contributed by atoms with van der Waals surface area (Å²) in [6.45, 7) is 0. The van der Waals surface area contributed by atoms with Crippen molar-refractivity contribution in [1.82, 2.24) is 14.5 Å². The van der Waals surface area contributed by atoms with E-state index in [4.69, 9.17) is 11.6 Å². The van der Waals surface area contributed by atoms with E-state index in [9.17, 15) is 9.18 Å². The molecule has 0 N–H and O–H groups in total. The molecule has 1 fully saturated rings. The van der Waals surface area contributed by atoms with Gasteiger partial charge < -0.3 is 4.57 Å². The quantitative estimate of drug-likeness (QED) is 0.477. The van der Waals surface area contributed by atoms with E-state index in [1.54, 1.807) is 18.3 Å². The van der Waals surface area contributed by atoms with Gasteiger partial charge in [-0.05, 0) is 30.5 Å². The third kappa shape index (κ3) is 2.93. The monoisotopic (exact) mass is 357 g/mol. The summed E-state index contributed by atoms with van der Waals surface area (Å²) in [6, 6.07) is 4.84. The molecule has 1 saturated carbocycles. The predicted octanol–water partition coefficient (Wildman–Crippen LogP) is 5.21. The Bertz CT molecular complexity index is 947. The number of rotatable bonds is 3. The fourth-order valence-corrected chi connectivity index (χ4v) is 3.81. The third-order valence-electron chi connectivity index (χ3n) is 4.93. The maximum Gasteiger partial charge on any atom is 0.224 e. The SMILES string of the molecule is O=Cc1ccc(-c2cn(C3CCCCC3)c3nc(Cl)ncc23)c(F)c1. The molecule has 0 spiro atoms. The van der Waals surface area contributed by atoms with E-state index in [2.05, 4.69) is 14.5 Å². The second-order valence-corrected chi connectivity index (χ2v) is 6.81. The fourth-order valence-electron chi connectivity index (χ4n) is 3.68. The van der Waals surface area contributed by atoms with E-state index in [0.29, 0.717) is 23.5 Å². The van der Waals surface area contributed by atoms with Crippen molar-refractivity contribution in [3.63, 3.8) is 0 Å². The molecule has 0 aliphatic heterocycles. The Labute approximate surface area is 149 Å². The van der Waals surface area contributed by atoms with Gasteiger partial charge in [-0.2, -0.15) is 4.98 Å². The zero-order chi connectivity index (χ0) is 17.4. The van der Waals surface area contributed by atoms with E-state index in [1.165, 1.54) is 25.3 Å². The Morgan fingerprint density at radius 1 is 1.20 bits per heavy atom. The number of carbonyl (C=O) groups is 1. The molecular weight excluding hydrogens is 341 g/mol. The van der Waals surface area contributed by atoms with Crippen molar-refractivity contribution < 1.29 is 9.18 Å².